The zero-order valence-corrected chi connectivity index (χ0v) is 13.6. The minimum atomic E-state index is -1.09. The number of carboxylic acid groups (broad SMARTS) is 1. The van der Waals surface area contributed by atoms with Crippen LogP contribution in [0.4, 0.5) is 0 Å². The van der Waals surface area contributed by atoms with Crippen molar-refractivity contribution in [3.05, 3.63) is 88.0 Å². The number of carboxylic acids is 1. The fourth-order valence-corrected chi connectivity index (χ4v) is 2.77. The third-order valence-electron chi connectivity index (χ3n) is 4.05. The fourth-order valence-electron chi connectivity index (χ4n) is 2.77. The Morgan fingerprint density at radius 2 is 1.92 bits per heavy atom. The van der Waals surface area contributed by atoms with Crippen LogP contribution in [-0.2, 0) is 6.42 Å². The van der Waals surface area contributed by atoms with E-state index in [1.807, 2.05) is 42.5 Å². The molecule has 0 radical (unpaired) electrons. The summed E-state index contributed by atoms with van der Waals surface area (Å²) in [6.45, 7) is 0. The van der Waals surface area contributed by atoms with Crippen LogP contribution < -0.4 is 5.56 Å². The largest absolute Gasteiger partial charge is 0.478 e. The van der Waals surface area contributed by atoms with Crippen molar-refractivity contribution in [1.82, 2.24) is 19.7 Å². The molecule has 0 fully saturated rings. The molecule has 128 valence electrons. The van der Waals surface area contributed by atoms with Crippen molar-refractivity contribution < 1.29 is 9.90 Å². The highest BCUT2D eigenvalue weighted by Crippen LogP contribution is 2.15. The highest BCUT2D eigenvalue weighted by Gasteiger charge is 2.11. The molecule has 0 aliphatic carbocycles. The number of benzene rings is 2. The summed E-state index contributed by atoms with van der Waals surface area (Å²) in [7, 11) is 0. The van der Waals surface area contributed by atoms with Crippen LogP contribution in [0.2, 0.25) is 0 Å². The molecule has 26 heavy (non-hydrogen) atoms. The van der Waals surface area contributed by atoms with Crippen LogP contribution in [0.1, 0.15) is 21.5 Å². The van der Waals surface area contributed by atoms with Crippen molar-refractivity contribution in [2.75, 3.05) is 0 Å². The highest BCUT2D eigenvalue weighted by atomic mass is 16.4. The van der Waals surface area contributed by atoms with Crippen molar-refractivity contribution in [3.8, 4) is 5.95 Å². The Balaban J connectivity index is 1.73. The van der Waals surface area contributed by atoms with Crippen molar-refractivity contribution in [2.24, 2.45) is 0 Å². The molecule has 0 unspecified atom stereocenters. The molecular formula is C19H14N4O3. The molecule has 2 N–H and O–H groups in total. The Labute approximate surface area is 147 Å². The van der Waals surface area contributed by atoms with Gasteiger partial charge in [-0.05, 0) is 29.7 Å². The molecule has 0 spiro atoms. The molecule has 2 heterocycles. The lowest BCUT2D eigenvalue weighted by molar-refractivity contribution is 0.0697. The monoisotopic (exact) mass is 346 g/mol. The summed E-state index contributed by atoms with van der Waals surface area (Å²) < 4.78 is 1.24. The Kier molecular flexibility index (Phi) is 3.81. The number of nitrogens with zero attached hydrogens (tertiary/aromatic N) is 3. The third kappa shape index (κ3) is 2.98. The molecule has 7 nitrogen and oxygen atoms in total. The van der Waals surface area contributed by atoms with Crippen LogP contribution in [-0.4, -0.2) is 30.8 Å². The molecule has 7 heteroatoms. The number of aromatic nitrogens is 4. The first kappa shape index (κ1) is 15.8. The number of rotatable bonds is 4. The number of hydrogen-bond acceptors (Lipinski definition) is 4. The maximum absolute atomic E-state index is 12.5. The summed E-state index contributed by atoms with van der Waals surface area (Å²) in [4.78, 5) is 30.5. The summed E-state index contributed by atoms with van der Waals surface area (Å²) in [5.41, 5.74) is 2.41. The van der Waals surface area contributed by atoms with Crippen LogP contribution in [0, 0.1) is 0 Å². The number of aromatic carboxylic acids is 1. The Morgan fingerprint density at radius 3 is 2.65 bits per heavy atom. The van der Waals surface area contributed by atoms with Gasteiger partial charge in [0.2, 0.25) is 5.95 Å². The fraction of sp³-hybridized carbons (Fsp3) is 0.0526. The average molecular weight is 346 g/mol. The third-order valence-corrected chi connectivity index (χ3v) is 4.05. The quantitative estimate of drug-likeness (QED) is 0.591. The molecule has 0 amide bonds. The van der Waals surface area contributed by atoms with E-state index in [2.05, 4.69) is 15.1 Å². The summed E-state index contributed by atoms with van der Waals surface area (Å²) in [6.07, 6.45) is 3.23. The van der Waals surface area contributed by atoms with Crippen LogP contribution in [0.3, 0.4) is 0 Å². The van der Waals surface area contributed by atoms with Crippen molar-refractivity contribution >= 4 is 16.9 Å². The minimum absolute atomic E-state index is 0.0194. The maximum atomic E-state index is 12.5. The van der Waals surface area contributed by atoms with Crippen molar-refractivity contribution in [2.45, 2.75) is 6.42 Å². The van der Waals surface area contributed by atoms with Crippen molar-refractivity contribution in [1.29, 1.82) is 0 Å². The molecule has 4 aromatic rings. The first-order valence-electron chi connectivity index (χ1n) is 7.95. The number of fused-ring (bicyclic) bond motifs is 1. The van der Waals surface area contributed by atoms with E-state index < -0.39 is 5.97 Å². The number of H-pyrrole nitrogens is 1. The van der Waals surface area contributed by atoms with E-state index in [9.17, 15) is 9.59 Å². The second-order valence-corrected chi connectivity index (χ2v) is 5.88. The van der Waals surface area contributed by atoms with E-state index in [1.165, 1.54) is 17.1 Å². The normalized spacial score (nSPS) is 10.9. The molecule has 0 aliphatic heterocycles. The molecule has 0 saturated heterocycles. The number of aromatic amines is 1. The van der Waals surface area contributed by atoms with Gasteiger partial charge >= 0.3 is 5.97 Å². The van der Waals surface area contributed by atoms with Crippen LogP contribution in [0.15, 0.2) is 65.7 Å². The van der Waals surface area contributed by atoms with Gasteiger partial charge in [-0.3, -0.25) is 9.78 Å². The van der Waals surface area contributed by atoms with E-state index >= 15 is 0 Å². The van der Waals surface area contributed by atoms with E-state index in [1.54, 1.807) is 6.07 Å². The van der Waals surface area contributed by atoms with E-state index in [4.69, 9.17) is 5.11 Å². The second-order valence-electron chi connectivity index (χ2n) is 5.88. The summed E-state index contributed by atoms with van der Waals surface area (Å²) in [6, 6.07) is 15.5. The molecule has 2 aromatic carbocycles. The molecule has 2 aromatic heterocycles. The molecule has 0 atom stereocenters. The molecule has 4 rings (SSSR count). The first-order chi connectivity index (χ1) is 12.6. The van der Waals surface area contributed by atoms with Gasteiger partial charge in [0.25, 0.3) is 5.56 Å². The van der Waals surface area contributed by atoms with Gasteiger partial charge in [0.05, 0.1) is 22.7 Å². The summed E-state index contributed by atoms with van der Waals surface area (Å²) >= 11 is 0. The van der Waals surface area contributed by atoms with Gasteiger partial charge < -0.3 is 5.11 Å². The van der Waals surface area contributed by atoms with E-state index in [-0.39, 0.29) is 17.1 Å². The Bertz CT molecular complexity index is 1160. The second kappa shape index (κ2) is 6.29. The molecule has 0 bridgehead atoms. The SMILES string of the molecule is O=C(O)c1cnn(-c2nc3ccc(Cc4ccccc4)cc3c(=O)[nH]2)c1. The highest BCUT2D eigenvalue weighted by molar-refractivity contribution is 5.87. The number of carbonyl (C=O) groups is 1. The van der Waals surface area contributed by atoms with Crippen LogP contribution in [0.25, 0.3) is 16.9 Å². The lowest BCUT2D eigenvalue weighted by atomic mass is 10.0. The Morgan fingerprint density at radius 1 is 1.12 bits per heavy atom. The van der Waals surface area contributed by atoms with Gasteiger partial charge in [-0.25, -0.2) is 14.5 Å². The van der Waals surface area contributed by atoms with E-state index in [0.717, 1.165) is 17.5 Å². The topological polar surface area (TPSA) is 101 Å². The predicted molar refractivity (Wildman–Crippen MR) is 95.7 cm³/mol. The zero-order valence-electron chi connectivity index (χ0n) is 13.6. The Hall–Kier alpha value is -3.74. The summed E-state index contributed by atoms with van der Waals surface area (Å²) in [5.74, 6) is -0.921. The van der Waals surface area contributed by atoms with Gasteiger partial charge in [-0.1, -0.05) is 36.4 Å². The molecular weight excluding hydrogens is 332 g/mol. The van der Waals surface area contributed by atoms with Gasteiger partial charge in [-0.2, -0.15) is 5.10 Å². The number of nitrogens with one attached hydrogen (secondary N) is 1. The lowest BCUT2D eigenvalue weighted by Gasteiger charge is -2.05. The van der Waals surface area contributed by atoms with Gasteiger partial charge in [0.15, 0.2) is 0 Å². The smallest absolute Gasteiger partial charge is 0.338 e. The van der Waals surface area contributed by atoms with Gasteiger partial charge in [0, 0.05) is 6.20 Å². The lowest BCUT2D eigenvalue weighted by Crippen LogP contribution is -2.14. The first-order valence-corrected chi connectivity index (χ1v) is 7.95. The molecule has 0 aliphatic rings. The van der Waals surface area contributed by atoms with Gasteiger partial charge in [-0.15, -0.1) is 0 Å². The van der Waals surface area contributed by atoms with Gasteiger partial charge in [0.1, 0.15) is 0 Å². The minimum Gasteiger partial charge on any atom is -0.478 e. The maximum Gasteiger partial charge on any atom is 0.338 e. The van der Waals surface area contributed by atoms with Crippen molar-refractivity contribution in [3.63, 3.8) is 0 Å². The average Bonchev–Trinajstić information content (AvgIpc) is 3.13. The molecule has 0 saturated carbocycles. The van der Waals surface area contributed by atoms with Crippen LogP contribution in [0.5, 0.6) is 0 Å². The predicted octanol–water partition coefficient (Wildman–Crippen LogP) is 2.40. The summed E-state index contributed by atoms with van der Waals surface area (Å²) in [5, 5.41) is 13.4. The zero-order chi connectivity index (χ0) is 18.1. The standard InChI is InChI=1S/C19H14N4O3/c24-17-15-9-13(8-12-4-2-1-3-5-12)6-7-16(15)21-19(22-17)23-11-14(10-20-23)18(25)26/h1-7,9-11H,8H2,(H,25,26)(H,21,22,24). The van der Waals surface area contributed by atoms with E-state index in [0.29, 0.717) is 10.9 Å². The van der Waals surface area contributed by atoms with Crippen LogP contribution >= 0.6 is 0 Å². The number of hydrogen-bond donors (Lipinski definition) is 2.